The largest absolute Gasteiger partial charge is 0.478 e. The van der Waals surface area contributed by atoms with Crippen LogP contribution in [-0.4, -0.2) is 28.3 Å². The van der Waals surface area contributed by atoms with Crippen molar-refractivity contribution < 1.29 is 23.8 Å². The molecule has 2 atom stereocenters. The maximum atomic E-state index is 11.6. The molecule has 0 amide bonds. The number of nitrogens with zero attached hydrogens (tertiary/aromatic N) is 1. The molecule has 0 bridgehead atoms. The highest BCUT2D eigenvalue weighted by molar-refractivity contribution is 5.91. The second-order valence-electron chi connectivity index (χ2n) is 8.83. The molecule has 0 spiro atoms. The summed E-state index contributed by atoms with van der Waals surface area (Å²) in [4.78, 5) is 16.3. The topological polar surface area (TPSA) is 81.8 Å². The van der Waals surface area contributed by atoms with Gasteiger partial charge >= 0.3 is 5.97 Å². The predicted molar refractivity (Wildman–Crippen MR) is 125 cm³/mol. The van der Waals surface area contributed by atoms with Gasteiger partial charge in [0.1, 0.15) is 11.5 Å². The van der Waals surface area contributed by atoms with Gasteiger partial charge in [0.2, 0.25) is 5.89 Å². The van der Waals surface area contributed by atoms with E-state index in [1.165, 1.54) is 5.56 Å². The fourth-order valence-corrected chi connectivity index (χ4v) is 4.35. The van der Waals surface area contributed by atoms with Gasteiger partial charge in [-0.1, -0.05) is 35.9 Å². The molecular formula is C27H31NO5. The van der Waals surface area contributed by atoms with Crippen molar-refractivity contribution in [3.8, 4) is 11.5 Å². The number of hydrogen-bond donors (Lipinski definition) is 1. The third kappa shape index (κ3) is 5.70. The molecule has 4 rings (SSSR count). The molecule has 174 valence electrons. The molecule has 6 nitrogen and oxygen atoms in total. The summed E-state index contributed by atoms with van der Waals surface area (Å²) in [5, 5.41) is 9.52. The van der Waals surface area contributed by atoms with Gasteiger partial charge in [-0.2, -0.15) is 0 Å². The average Bonchev–Trinajstić information content (AvgIpc) is 3.17. The Morgan fingerprint density at radius 2 is 1.73 bits per heavy atom. The zero-order chi connectivity index (χ0) is 23.4. The van der Waals surface area contributed by atoms with Crippen LogP contribution in [0.15, 0.2) is 46.9 Å². The van der Waals surface area contributed by atoms with Gasteiger partial charge in [-0.05, 0) is 69.7 Å². The summed E-state index contributed by atoms with van der Waals surface area (Å²) in [6.07, 6.45) is 3.87. The standard InChI is InChI=1S/C27H31NO5/c1-17-10-12-20(13-11-17)26-28-24(19(3)33-26)16-32-23-9-5-8-22(14-23)31-15-21-7-4-6-18(2)25(21)27(29)30/h4,6-7,10-13,22-23H,5,8-9,14-16H2,1-3H3,(H,29,30)/t22-,23+/m0/s1. The van der Waals surface area contributed by atoms with Crippen LogP contribution in [0.4, 0.5) is 0 Å². The first-order chi connectivity index (χ1) is 15.9. The van der Waals surface area contributed by atoms with Crippen LogP contribution < -0.4 is 0 Å². The molecule has 0 radical (unpaired) electrons. The van der Waals surface area contributed by atoms with Crippen LogP contribution >= 0.6 is 0 Å². The number of aromatic carboxylic acids is 1. The molecule has 1 aliphatic rings. The first-order valence-corrected chi connectivity index (χ1v) is 11.5. The monoisotopic (exact) mass is 449 g/mol. The highest BCUT2D eigenvalue weighted by Gasteiger charge is 2.25. The minimum absolute atomic E-state index is 0.0485. The van der Waals surface area contributed by atoms with Crippen LogP contribution in [0.3, 0.4) is 0 Å². The van der Waals surface area contributed by atoms with E-state index < -0.39 is 5.97 Å². The molecule has 6 heteroatoms. The molecule has 33 heavy (non-hydrogen) atoms. The summed E-state index contributed by atoms with van der Waals surface area (Å²) >= 11 is 0. The Morgan fingerprint density at radius 3 is 2.42 bits per heavy atom. The lowest BCUT2D eigenvalue weighted by Crippen LogP contribution is -2.28. The van der Waals surface area contributed by atoms with Crippen LogP contribution in [0, 0.1) is 20.8 Å². The molecule has 1 N–H and O–H groups in total. The zero-order valence-corrected chi connectivity index (χ0v) is 19.5. The van der Waals surface area contributed by atoms with Crippen LogP contribution in [0.5, 0.6) is 0 Å². The van der Waals surface area contributed by atoms with E-state index in [0.29, 0.717) is 30.2 Å². The predicted octanol–water partition coefficient (Wildman–Crippen LogP) is 6.01. The Bertz CT molecular complexity index is 1100. The number of carboxylic acids is 1. The van der Waals surface area contributed by atoms with Crippen molar-refractivity contribution in [3.05, 3.63) is 76.2 Å². The van der Waals surface area contributed by atoms with E-state index in [0.717, 1.165) is 48.3 Å². The van der Waals surface area contributed by atoms with Gasteiger partial charge in [-0.15, -0.1) is 0 Å². The van der Waals surface area contributed by atoms with E-state index in [2.05, 4.69) is 11.9 Å². The maximum absolute atomic E-state index is 11.6. The molecule has 2 aromatic carbocycles. The van der Waals surface area contributed by atoms with Crippen LogP contribution in [0.25, 0.3) is 11.5 Å². The third-order valence-electron chi connectivity index (χ3n) is 6.27. The highest BCUT2D eigenvalue weighted by atomic mass is 16.5. The smallest absolute Gasteiger partial charge is 0.336 e. The zero-order valence-electron chi connectivity index (χ0n) is 19.5. The third-order valence-corrected chi connectivity index (χ3v) is 6.27. The summed E-state index contributed by atoms with van der Waals surface area (Å²) in [5.41, 5.74) is 4.78. The fraction of sp³-hybridized carbons (Fsp3) is 0.407. The normalized spacial score (nSPS) is 18.4. The highest BCUT2D eigenvalue weighted by Crippen LogP contribution is 2.28. The SMILES string of the molecule is Cc1ccc(-c2nc(CO[C@@H]3CCC[C@H](OCc4cccc(C)c4C(=O)O)C3)c(C)o2)cc1. The first-order valence-electron chi connectivity index (χ1n) is 11.5. The molecule has 0 aliphatic heterocycles. The Kier molecular flexibility index (Phi) is 7.26. The lowest BCUT2D eigenvalue weighted by Gasteiger charge is -2.29. The van der Waals surface area contributed by atoms with Gasteiger partial charge < -0.3 is 19.0 Å². The number of rotatable bonds is 8. The number of carbonyl (C=O) groups is 1. The van der Waals surface area contributed by atoms with Gasteiger partial charge in [0.05, 0.1) is 31.0 Å². The molecule has 3 aromatic rings. The van der Waals surface area contributed by atoms with Crippen molar-refractivity contribution in [2.75, 3.05) is 0 Å². The minimum Gasteiger partial charge on any atom is -0.478 e. The lowest BCUT2D eigenvalue weighted by molar-refractivity contribution is -0.0564. The van der Waals surface area contributed by atoms with Crippen LogP contribution in [0.1, 0.15) is 64.2 Å². The van der Waals surface area contributed by atoms with E-state index in [-0.39, 0.29) is 12.2 Å². The summed E-state index contributed by atoms with van der Waals surface area (Å²) in [7, 11) is 0. The summed E-state index contributed by atoms with van der Waals surface area (Å²) in [6, 6.07) is 13.6. The molecule has 0 unspecified atom stereocenters. The van der Waals surface area contributed by atoms with E-state index in [4.69, 9.17) is 13.9 Å². The number of aryl methyl sites for hydroxylation is 3. The van der Waals surface area contributed by atoms with E-state index in [1.807, 2.05) is 56.3 Å². The van der Waals surface area contributed by atoms with E-state index in [9.17, 15) is 9.90 Å². The maximum Gasteiger partial charge on any atom is 0.336 e. The number of aromatic nitrogens is 1. The van der Waals surface area contributed by atoms with Crippen molar-refractivity contribution in [1.82, 2.24) is 4.98 Å². The average molecular weight is 450 g/mol. The lowest BCUT2D eigenvalue weighted by atomic mass is 9.94. The molecule has 0 saturated heterocycles. The van der Waals surface area contributed by atoms with E-state index in [1.54, 1.807) is 0 Å². The number of hydrogen-bond acceptors (Lipinski definition) is 5. The summed E-state index contributed by atoms with van der Waals surface area (Å²) < 4.78 is 18.2. The van der Waals surface area contributed by atoms with Crippen LogP contribution in [0.2, 0.25) is 0 Å². The van der Waals surface area contributed by atoms with Crippen molar-refractivity contribution in [2.24, 2.45) is 0 Å². The van der Waals surface area contributed by atoms with Crippen molar-refractivity contribution in [2.45, 2.75) is 71.9 Å². The number of ether oxygens (including phenoxy) is 2. The molecule has 1 fully saturated rings. The molecular weight excluding hydrogens is 418 g/mol. The summed E-state index contributed by atoms with van der Waals surface area (Å²) in [5.74, 6) is 0.475. The Balaban J connectivity index is 1.32. The van der Waals surface area contributed by atoms with Crippen LogP contribution in [-0.2, 0) is 22.7 Å². The van der Waals surface area contributed by atoms with E-state index >= 15 is 0 Å². The van der Waals surface area contributed by atoms with Crippen molar-refractivity contribution in [3.63, 3.8) is 0 Å². The Morgan fingerprint density at radius 1 is 1.03 bits per heavy atom. The number of carboxylic acid groups (broad SMARTS) is 1. The van der Waals surface area contributed by atoms with Crippen molar-refractivity contribution in [1.29, 1.82) is 0 Å². The minimum atomic E-state index is -0.912. The second-order valence-corrected chi connectivity index (χ2v) is 8.83. The number of oxazole rings is 1. The van der Waals surface area contributed by atoms with Gasteiger partial charge in [0.15, 0.2) is 0 Å². The molecule has 1 heterocycles. The van der Waals surface area contributed by atoms with Crippen molar-refractivity contribution >= 4 is 5.97 Å². The molecule has 1 saturated carbocycles. The summed E-state index contributed by atoms with van der Waals surface area (Å²) in [6.45, 7) is 6.48. The molecule has 1 aliphatic carbocycles. The Labute approximate surface area is 194 Å². The quantitative estimate of drug-likeness (QED) is 0.453. The van der Waals surface area contributed by atoms with Gasteiger partial charge in [-0.25, -0.2) is 9.78 Å². The van der Waals surface area contributed by atoms with Gasteiger partial charge in [-0.3, -0.25) is 0 Å². The fourth-order valence-electron chi connectivity index (χ4n) is 4.35. The second kappa shape index (κ2) is 10.3. The Hall–Kier alpha value is -2.96. The number of benzene rings is 2. The molecule has 1 aromatic heterocycles. The van der Waals surface area contributed by atoms with Gasteiger partial charge in [0, 0.05) is 5.56 Å². The van der Waals surface area contributed by atoms with Gasteiger partial charge in [0.25, 0.3) is 0 Å². The first kappa shape index (κ1) is 23.2.